The molecule has 0 spiro atoms. The van der Waals surface area contributed by atoms with E-state index >= 15 is 0 Å². The van der Waals surface area contributed by atoms with Crippen molar-refractivity contribution >= 4 is 21.9 Å². The fourth-order valence-corrected chi connectivity index (χ4v) is 1.89. The minimum atomic E-state index is 0.518. The van der Waals surface area contributed by atoms with E-state index in [1.165, 1.54) is 12.8 Å². The number of methoxy groups -OCH3 is 2. The zero-order valence-corrected chi connectivity index (χ0v) is 12.7. The number of aromatic nitrogens is 2. The third-order valence-electron chi connectivity index (χ3n) is 2.55. The molecular formula is C12H20BrN3O2. The van der Waals surface area contributed by atoms with Crippen LogP contribution in [0.5, 0.6) is 11.8 Å². The summed E-state index contributed by atoms with van der Waals surface area (Å²) in [6.07, 6.45) is 3.50. The average Bonchev–Trinajstić information content (AvgIpc) is 2.42. The van der Waals surface area contributed by atoms with Crippen LogP contribution in [0.1, 0.15) is 19.3 Å². The summed E-state index contributed by atoms with van der Waals surface area (Å²) in [6.45, 7) is 0.920. The molecule has 5 nitrogen and oxygen atoms in total. The van der Waals surface area contributed by atoms with E-state index in [-0.39, 0.29) is 0 Å². The summed E-state index contributed by atoms with van der Waals surface area (Å²) in [5.74, 6) is 1.67. The van der Waals surface area contributed by atoms with Gasteiger partial charge in [-0.2, -0.15) is 9.97 Å². The van der Waals surface area contributed by atoms with Gasteiger partial charge in [0.05, 0.1) is 20.3 Å². The van der Waals surface area contributed by atoms with Gasteiger partial charge < -0.3 is 14.4 Å². The van der Waals surface area contributed by atoms with E-state index in [1.807, 2.05) is 11.9 Å². The molecule has 0 amide bonds. The number of hydrogen-bond acceptors (Lipinski definition) is 5. The molecule has 1 aromatic rings. The van der Waals surface area contributed by atoms with Crippen LogP contribution in [0.2, 0.25) is 0 Å². The zero-order valence-electron chi connectivity index (χ0n) is 11.1. The second-order valence-corrected chi connectivity index (χ2v) is 4.72. The predicted octanol–water partition coefficient (Wildman–Crippen LogP) is 2.50. The van der Waals surface area contributed by atoms with Gasteiger partial charge in [0, 0.05) is 18.9 Å². The summed E-state index contributed by atoms with van der Waals surface area (Å²) in [4.78, 5) is 10.6. The molecule has 0 fully saturated rings. The van der Waals surface area contributed by atoms with Crippen LogP contribution in [-0.2, 0) is 0 Å². The second kappa shape index (κ2) is 8.13. The van der Waals surface area contributed by atoms with Crippen molar-refractivity contribution in [3.8, 4) is 11.8 Å². The Balaban J connectivity index is 2.63. The topological polar surface area (TPSA) is 47.5 Å². The van der Waals surface area contributed by atoms with Crippen molar-refractivity contribution in [1.82, 2.24) is 9.97 Å². The van der Waals surface area contributed by atoms with Crippen molar-refractivity contribution < 1.29 is 9.47 Å². The van der Waals surface area contributed by atoms with Gasteiger partial charge in [-0.15, -0.1) is 0 Å². The summed E-state index contributed by atoms with van der Waals surface area (Å²) in [5, 5.41) is 1.06. The standard InChI is InChI=1S/C12H20BrN3O2/c1-16(8-6-4-5-7-13)12-14-10(17-2)9-11(15-12)18-3/h9H,4-8H2,1-3H3. The van der Waals surface area contributed by atoms with E-state index in [0.29, 0.717) is 17.7 Å². The van der Waals surface area contributed by atoms with Crippen molar-refractivity contribution in [1.29, 1.82) is 0 Å². The lowest BCUT2D eigenvalue weighted by Gasteiger charge is -2.17. The molecule has 0 radical (unpaired) electrons. The van der Waals surface area contributed by atoms with E-state index in [9.17, 15) is 0 Å². The number of alkyl halides is 1. The van der Waals surface area contributed by atoms with Crippen molar-refractivity contribution in [3.05, 3.63) is 6.07 Å². The van der Waals surface area contributed by atoms with Crippen LogP contribution in [0.25, 0.3) is 0 Å². The Hall–Kier alpha value is -1.04. The summed E-state index contributed by atoms with van der Waals surface area (Å²) in [5.41, 5.74) is 0. The van der Waals surface area contributed by atoms with E-state index < -0.39 is 0 Å². The summed E-state index contributed by atoms with van der Waals surface area (Å²) in [6, 6.07) is 1.67. The minimum absolute atomic E-state index is 0.518. The molecule has 0 N–H and O–H groups in total. The quantitative estimate of drug-likeness (QED) is 0.544. The largest absolute Gasteiger partial charge is 0.481 e. The predicted molar refractivity (Wildman–Crippen MR) is 76.1 cm³/mol. The Morgan fingerprint density at radius 1 is 1.11 bits per heavy atom. The molecule has 0 aromatic carbocycles. The maximum Gasteiger partial charge on any atom is 0.231 e. The number of ether oxygens (including phenoxy) is 2. The van der Waals surface area contributed by atoms with Gasteiger partial charge in [-0.25, -0.2) is 0 Å². The Labute approximate surface area is 117 Å². The molecule has 0 aliphatic carbocycles. The number of unbranched alkanes of at least 4 members (excludes halogenated alkanes) is 2. The molecule has 0 aliphatic heterocycles. The average molecular weight is 318 g/mol. The Morgan fingerprint density at radius 2 is 1.72 bits per heavy atom. The first kappa shape index (κ1) is 15.0. The summed E-state index contributed by atoms with van der Waals surface area (Å²) < 4.78 is 10.3. The Kier molecular flexibility index (Phi) is 6.78. The third kappa shape index (κ3) is 4.68. The zero-order chi connectivity index (χ0) is 13.4. The van der Waals surface area contributed by atoms with Gasteiger partial charge in [0.25, 0.3) is 0 Å². The van der Waals surface area contributed by atoms with E-state index in [1.54, 1.807) is 20.3 Å². The molecule has 6 heteroatoms. The number of nitrogens with zero attached hydrogens (tertiary/aromatic N) is 3. The number of hydrogen-bond donors (Lipinski definition) is 0. The van der Waals surface area contributed by atoms with Gasteiger partial charge in [0.15, 0.2) is 0 Å². The van der Waals surface area contributed by atoms with E-state index in [0.717, 1.165) is 18.3 Å². The first-order chi connectivity index (χ1) is 8.71. The lowest BCUT2D eigenvalue weighted by Crippen LogP contribution is -2.21. The van der Waals surface area contributed by atoms with Gasteiger partial charge >= 0.3 is 0 Å². The van der Waals surface area contributed by atoms with Crippen LogP contribution >= 0.6 is 15.9 Å². The molecule has 1 rings (SSSR count). The van der Waals surface area contributed by atoms with Gasteiger partial charge in [-0.05, 0) is 12.8 Å². The maximum atomic E-state index is 5.13. The smallest absolute Gasteiger partial charge is 0.231 e. The molecule has 0 atom stereocenters. The lowest BCUT2D eigenvalue weighted by atomic mass is 10.2. The van der Waals surface area contributed by atoms with Crippen LogP contribution < -0.4 is 14.4 Å². The molecule has 0 saturated carbocycles. The molecule has 0 unspecified atom stereocenters. The molecular weight excluding hydrogens is 298 g/mol. The molecule has 0 saturated heterocycles. The van der Waals surface area contributed by atoms with Crippen molar-refractivity contribution in [2.75, 3.05) is 38.0 Å². The monoisotopic (exact) mass is 317 g/mol. The molecule has 0 aliphatic rings. The highest BCUT2D eigenvalue weighted by molar-refractivity contribution is 9.09. The van der Waals surface area contributed by atoms with Crippen molar-refractivity contribution in [3.63, 3.8) is 0 Å². The summed E-state index contributed by atoms with van der Waals surface area (Å²) >= 11 is 3.43. The first-order valence-corrected chi connectivity index (χ1v) is 7.07. The van der Waals surface area contributed by atoms with Crippen LogP contribution in [0.3, 0.4) is 0 Å². The highest BCUT2D eigenvalue weighted by Gasteiger charge is 2.09. The minimum Gasteiger partial charge on any atom is -0.481 e. The highest BCUT2D eigenvalue weighted by Crippen LogP contribution is 2.19. The number of rotatable bonds is 8. The van der Waals surface area contributed by atoms with Crippen LogP contribution in [-0.4, -0.2) is 43.1 Å². The maximum absolute atomic E-state index is 5.13. The Morgan fingerprint density at radius 3 is 2.22 bits per heavy atom. The van der Waals surface area contributed by atoms with Gasteiger partial charge in [0.1, 0.15) is 0 Å². The number of anilines is 1. The third-order valence-corrected chi connectivity index (χ3v) is 3.11. The SMILES string of the molecule is COc1cc(OC)nc(N(C)CCCCCBr)n1. The van der Waals surface area contributed by atoms with Crippen LogP contribution in [0.4, 0.5) is 5.95 Å². The normalized spacial score (nSPS) is 10.2. The molecule has 1 aromatic heterocycles. The first-order valence-electron chi connectivity index (χ1n) is 5.95. The summed E-state index contributed by atoms with van der Waals surface area (Å²) in [7, 11) is 5.14. The molecule has 102 valence electrons. The lowest BCUT2D eigenvalue weighted by molar-refractivity contribution is 0.371. The fourth-order valence-electron chi connectivity index (χ4n) is 1.49. The fraction of sp³-hybridized carbons (Fsp3) is 0.667. The number of halogens is 1. The van der Waals surface area contributed by atoms with E-state index in [4.69, 9.17) is 9.47 Å². The van der Waals surface area contributed by atoms with Crippen LogP contribution in [0, 0.1) is 0 Å². The van der Waals surface area contributed by atoms with Crippen molar-refractivity contribution in [2.45, 2.75) is 19.3 Å². The molecule has 1 heterocycles. The van der Waals surface area contributed by atoms with Gasteiger partial charge in [-0.1, -0.05) is 22.4 Å². The highest BCUT2D eigenvalue weighted by atomic mass is 79.9. The van der Waals surface area contributed by atoms with E-state index in [2.05, 4.69) is 25.9 Å². The molecule has 0 bridgehead atoms. The van der Waals surface area contributed by atoms with Crippen LogP contribution in [0.15, 0.2) is 6.07 Å². The van der Waals surface area contributed by atoms with Gasteiger partial charge in [0.2, 0.25) is 17.7 Å². The van der Waals surface area contributed by atoms with Gasteiger partial charge in [-0.3, -0.25) is 0 Å². The Bertz CT molecular complexity index is 341. The second-order valence-electron chi connectivity index (χ2n) is 3.92. The van der Waals surface area contributed by atoms with Crippen molar-refractivity contribution in [2.24, 2.45) is 0 Å². The molecule has 18 heavy (non-hydrogen) atoms.